The standard InChI is InChI=1S/C19H39N/c1-5-9-10-16-11-13-18(14-12-16)19(20-15-6-2)17(7-3)8-4/h16-20H,5-15H2,1-4H3. The van der Waals surface area contributed by atoms with Crippen LogP contribution in [0.4, 0.5) is 0 Å². The lowest BCUT2D eigenvalue weighted by Gasteiger charge is -2.38. The second kappa shape index (κ2) is 10.7. The molecule has 0 aromatic carbocycles. The molecule has 1 aliphatic carbocycles. The van der Waals surface area contributed by atoms with E-state index in [0.717, 1.165) is 23.8 Å². The Kier molecular flexibility index (Phi) is 9.59. The van der Waals surface area contributed by atoms with Gasteiger partial charge in [0.15, 0.2) is 0 Å². The number of hydrogen-bond acceptors (Lipinski definition) is 1. The fourth-order valence-corrected chi connectivity index (χ4v) is 4.15. The van der Waals surface area contributed by atoms with Crippen LogP contribution in [-0.2, 0) is 0 Å². The third kappa shape index (κ3) is 5.76. The van der Waals surface area contributed by atoms with E-state index in [1.807, 2.05) is 0 Å². The van der Waals surface area contributed by atoms with Crippen molar-refractivity contribution in [3.05, 3.63) is 0 Å². The fourth-order valence-electron chi connectivity index (χ4n) is 4.15. The highest BCUT2D eigenvalue weighted by atomic mass is 14.9. The van der Waals surface area contributed by atoms with Gasteiger partial charge in [-0.05, 0) is 43.6 Å². The third-order valence-corrected chi connectivity index (χ3v) is 5.55. The van der Waals surface area contributed by atoms with Gasteiger partial charge >= 0.3 is 0 Å². The first-order valence-electron chi connectivity index (χ1n) is 9.50. The Labute approximate surface area is 128 Å². The van der Waals surface area contributed by atoms with Crippen molar-refractivity contribution in [2.24, 2.45) is 17.8 Å². The van der Waals surface area contributed by atoms with Crippen molar-refractivity contribution in [3.8, 4) is 0 Å². The normalized spacial score (nSPS) is 25.1. The Morgan fingerprint density at radius 2 is 1.55 bits per heavy atom. The molecular formula is C19H39N. The molecule has 0 aliphatic heterocycles. The van der Waals surface area contributed by atoms with Crippen molar-refractivity contribution in [1.82, 2.24) is 5.32 Å². The van der Waals surface area contributed by atoms with E-state index in [-0.39, 0.29) is 0 Å². The first-order valence-corrected chi connectivity index (χ1v) is 9.50. The maximum absolute atomic E-state index is 3.90. The highest BCUT2D eigenvalue weighted by Crippen LogP contribution is 2.36. The van der Waals surface area contributed by atoms with Crippen molar-refractivity contribution in [3.63, 3.8) is 0 Å². The summed E-state index contributed by atoms with van der Waals surface area (Å²) in [5.74, 6) is 2.88. The molecule has 1 saturated carbocycles. The molecule has 1 unspecified atom stereocenters. The van der Waals surface area contributed by atoms with E-state index in [9.17, 15) is 0 Å². The van der Waals surface area contributed by atoms with Gasteiger partial charge in [0.2, 0.25) is 0 Å². The van der Waals surface area contributed by atoms with Crippen LogP contribution in [0.2, 0.25) is 0 Å². The minimum atomic E-state index is 0.789. The molecule has 0 radical (unpaired) electrons. The van der Waals surface area contributed by atoms with E-state index in [0.29, 0.717) is 0 Å². The number of nitrogens with one attached hydrogen (secondary N) is 1. The average molecular weight is 282 g/mol. The lowest BCUT2D eigenvalue weighted by molar-refractivity contribution is 0.167. The second-order valence-corrected chi connectivity index (χ2v) is 6.98. The summed E-state index contributed by atoms with van der Waals surface area (Å²) < 4.78 is 0. The van der Waals surface area contributed by atoms with Gasteiger partial charge in [-0.1, -0.05) is 72.6 Å². The molecule has 1 atom stereocenters. The maximum atomic E-state index is 3.90. The maximum Gasteiger partial charge on any atom is 0.0123 e. The van der Waals surface area contributed by atoms with E-state index in [4.69, 9.17) is 0 Å². The quantitative estimate of drug-likeness (QED) is 0.534. The van der Waals surface area contributed by atoms with Crippen LogP contribution in [0.3, 0.4) is 0 Å². The summed E-state index contributed by atoms with van der Waals surface area (Å²) in [5, 5.41) is 3.90. The molecule has 0 spiro atoms. The van der Waals surface area contributed by atoms with Gasteiger partial charge in [-0.2, -0.15) is 0 Å². The number of unbranched alkanes of at least 4 members (excludes halogenated alkanes) is 1. The van der Waals surface area contributed by atoms with Gasteiger partial charge < -0.3 is 5.32 Å². The van der Waals surface area contributed by atoms with E-state index in [1.165, 1.54) is 70.8 Å². The van der Waals surface area contributed by atoms with Crippen LogP contribution in [-0.4, -0.2) is 12.6 Å². The summed E-state index contributed by atoms with van der Waals surface area (Å²) in [6.07, 6.45) is 14.2. The van der Waals surface area contributed by atoms with Crippen LogP contribution >= 0.6 is 0 Å². The van der Waals surface area contributed by atoms with Crippen LogP contribution in [0.5, 0.6) is 0 Å². The SMILES string of the molecule is CCCCC1CCC(C(NCCC)C(CC)CC)CC1. The summed E-state index contributed by atoms with van der Waals surface area (Å²) in [7, 11) is 0. The lowest BCUT2D eigenvalue weighted by Crippen LogP contribution is -2.43. The molecule has 0 aromatic rings. The van der Waals surface area contributed by atoms with E-state index >= 15 is 0 Å². The summed E-state index contributed by atoms with van der Waals surface area (Å²) >= 11 is 0. The molecule has 0 saturated heterocycles. The minimum Gasteiger partial charge on any atom is -0.313 e. The Hall–Kier alpha value is -0.0400. The molecule has 0 amide bonds. The zero-order valence-corrected chi connectivity index (χ0v) is 14.6. The molecule has 20 heavy (non-hydrogen) atoms. The molecule has 0 bridgehead atoms. The number of rotatable bonds is 10. The summed E-state index contributed by atoms with van der Waals surface area (Å²) in [5.41, 5.74) is 0. The Balaban J connectivity index is 2.47. The third-order valence-electron chi connectivity index (χ3n) is 5.55. The summed E-state index contributed by atoms with van der Waals surface area (Å²) in [6, 6.07) is 0.789. The van der Waals surface area contributed by atoms with E-state index in [2.05, 4.69) is 33.0 Å². The van der Waals surface area contributed by atoms with Crippen LogP contribution in [0.1, 0.15) is 91.9 Å². The Bertz CT molecular complexity index is 214. The van der Waals surface area contributed by atoms with Crippen molar-refractivity contribution >= 4 is 0 Å². The molecule has 1 fully saturated rings. The lowest BCUT2D eigenvalue weighted by atomic mass is 9.73. The molecular weight excluding hydrogens is 242 g/mol. The first kappa shape index (κ1) is 18.0. The molecule has 120 valence electrons. The summed E-state index contributed by atoms with van der Waals surface area (Å²) in [4.78, 5) is 0. The average Bonchev–Trinajstić information content (AvgIpc) is 2.50. The largest absolute Gasteiger partial charge is 0.313 e. The molecule has 1 N–H and O–H groups in total. The Morgan fingerprint density at radius 1 is 0.900 bits per heavy atom. The predicted molar refractivity (Wildman–Crippen MR) is 91.1 cm³/mol. The smallest absolute Gasteiger partial charge is 0.0123 e. The second-order valence-electron chi connectivity index (χ2n) is 6.98. The monoisotopic (exact) mass is 281 g/mol. The molecule has 0 aromatic heterocycles. The van der Waals surface area contributed by atoms with Crippen molar-refractivity contribution < 1.29 is 0 Å². The van der Waals surface area contributed by atoms with Crippen LogP contribution < -0.4 is 5.32 Å². The number of hydrogen-bond donors (Lipinski definition) is 1. The zero-order valence-electron chi connectivity index (χ0n) is 14.6. The topological polar surface area (TPSA) is 12.0 Å². The van der Waals surface area contributed by atoms with Gasteiger partial charge in [-0.25, -0.2) is 0 Å². The van der Waals surface area contributed by atoms with Crippen LogP contribution in [0, 0.1) is 17.8 Å². The molecule has 1 heteroatoms. The molecule has 1 nitrogen and oxygen atoms in total. The fraction of sp³-hybridized carbons (Fsp3) is 1.00. The van der Waals surface area contributed by atoms with Crippen molar-refractivity contribution in [2.75, 3.05) is 6.54 Å². The van der Waals surface area contributed by atoms with Gasteiger partial charge in [-0.15, -0.1) is 0 Å². The Morgan fingerprint density at radius 3 is 2.05 bits per heavy atom. The van der Waals surface area contributed by atoms with Gasteiger partial charge in [0, 0.05) is 6.04 Å². The molecule has 1 aliphatic rings. The molecule has 0 heterocycles. The minimum absolute atomic E-state index is 0.789. The van der Waals surface area contributed by atoms with E-state index in [1.54, 1.807) is 0 Å². The highest BCUT2D eigenvalue weighted by Gasteiger charge is 2.30. The van der Waals surface area contributed by atoms with E-state index < -0.39 is 0 Å². The first-order chi connectivity index (χ1) is 9.76. The molecule has 1 rings (SSSR count). The van der Waals surface area contributed by atoms with Crippen LogP contribution in [0.25, 0.3) is 0 Å². The summed E-state index contributed by atoms with van der Waals surface area (Å²) in [6.45, 7) is 10.6. The predicted octanol–water partition coefficient (Wildman–Crippen LogP) is 5.79. The zero-order chi connectivity index (χ0) is 14.8. The van der Waals surface area contributed by atoms with Gasteiger partial charge in [0.05, 0.1) is 0 Å². The van der Waals surface area contributed by atoms with Gasteiger partial charge in [0.1, 0.15) is 0 Å². The van der Waals surface area contributed by atoms with Gasteiger partial charge in [0.25, 0.3) is 0 Å². The van der Waals surface area contributed by atoms with Gasteiger partial charge in [-0.3, -0.25) is 0 Å². The highest BCUT2D eigenvalue weighted by molar-refractivity contribution is 4.86. The van der Waals surface area contributed by atoms with Crippen LogP contribution in [0.15, 0.2) is 0 Å². The van der Waals surface area contributed by atoms with Crippen molar-refractivity contribution in [2.45, 2.75) is 97.9 Å². The van der Waals surface area contributed by atoms with Crippen molar-refractivity contribution in [1.29, 1.82) is 0 Å².